The quantitative estimate of drug-likeness (QED) is 0.796. The first kappa shape index (κ1) is 21.2. The summed E-state index contributed by atoms with van der Waals surface area (Å²) in [7, 11) is 1.47. The zero-order chi connectivity index (χ0) is 20.0. The molecule has 27 heavy (non-hydrogen) atoms. The highest BCUT2D eigenvalue weighted by Gasteiger charge is 2.33. The predicted molar refractivity (Wildman–Crippen MR) is 106 cm³/mol. The zero-order valence-electron chi connectivity index (χ0n) is 16.9. The fourth-order valence-corrected chi connectivity index (χ4v) is 3.38. The van der Waals surface area contributed by atoms with Crippen molar-refractivity contribution in [3.63, 3.8) is 0 Å². The number of ether oxygens (including phenoxy) is 2. The highest BCUT2D eigenvalue weighted by molar-refractivity contribution is 5.94. The summed E-state index contributed by atoms with van der Waals surface area (Å²) in [5, 5.41) is 5.75. The second kappa shape index (κ2) is 9.19. The van der Waals surface area contributed by atoms with Gasteiger partial charge in [-0.15, -0.1) is 0 Å². The number of anilines is 2. The highest BCUT2D eigenvalue weighted by Crippen LogP contribution is 2.28. The van der Waals surface area contributed by atoms with Gasteiger partial charge in [-0.2, -0.15) is 0 Å². The normalized spacial score (nSPS) is 18.6. The van der Waals surface area contributed by atoms with Gasteiger partial charge in [0.1, 0.15) is 6.61 Å². The maximum Gasteiger partial charge on any atom is 0.322 e. The van der Waals surface area contributed by atoms with Crippen LogP contribution in [-0.2, 0) is 14.3 Å². The van der Waals surface area contributed by atoms with E-state index in [0.717, 1.165) is 18.4 Å². The number of amides is 3. The van der Waals surface area contributed by atoms with Crippen LogP contribution in [0.25, 0.3) is 0 Å². The predicted octanol–water partition coefficient (Wildman–Crippen LogP) is 3.39. The van der Waals surface area contributed by atoms with E-state index in [9.17, 15) is 9.59 Å². The van der Waals surface area contributed by atoms with Crippen LogP contribution < -0.4 is 10.6 Å². The average molecular weight is 377 g/mol. The van der Waals surface area contributed by atoms with Crippen molar-refractivity contribution in [3.8, 4) is 0 Å². The van der Waals surface area contributed by atoms with Crippen LogP contribution in [0.1, 0.15) is 39.2 Å². The summed E-state index contributed by atoms with van der Waals surface area (Å²) in [6.45, 7) is 9.28. The van der Waals surface area contributed by atoms with E-state index in [2.05, 4.69) is 24.5 Å². The summed E-state index contributed by atoms with van der Waals surface area (Å²) in [5.41, 5.74) is 2.00. The Morgan fingerprint density at radius 3 is 2.70 bits per heavy atom. The third-order valence-corrected chi connectivity index (χ3v) is 4.75. The molecule has 0 bridgehead atoms. The van der Waals surface area contributed by atoms with Crippen molar-refractivity contribution >= 4 is 23.3 Å². The number of methoxy groups -OCH3 is 1. The summed E-state index contributed by atoms with van der Waals surface area (Å²) >= 11 is 0. The van der Waals surface area contributed by atoms with Crippen LogP contribution in [0.2, 0.25) is 0 Å². The molecule has 7 heteroatoms. The van der Waals surface area contributed by atoms with Gasteiger partial charge in [0.05, 0.1) is 5.60 Å². The number of hydrogen-bond acceptors (Lipinski definition) is 4. The van der Waals surface area contributed by atoms with E-state index >= 15 is 0 Å². The van der Waals surface area contributed by atoms with Gasteiger partial charge in [-0.1, -0.05) is 6.07 Å². The van der Waals surface area contributed by atoms with Gasteiger partial charge < -0.3 is 25.0 Å². The first-order chi connectivity index (χ1) is 12.8. The molecule has 0 radical (unpaired) electrons. The van der Waals surface area contributed by atoms with Crippen LogP contribution in [0.3, 0.4) is 0 Å². The Balaban J connectivity index is 2.09. The molecule has 150 valence electrons. The smallest absolute Gasteiger partial charge is 0.322 e. The van der Waals surface area contributed by atoms with Gasteiger partial charge in [-0.3, -0.25) is 4.79 Å². The van der Waals surface area contributed by atoms with E-state index in [0.29, 0.717) is 24.5 Å². The lowest BCUT2D eigenvalue weighted by Gasteiger charge is -2.40. The lowest BCUT2D eigenvalue weighted by atomic mass is 9.93. The van der Waals surface area contributed by atoms with Crippen LogP contribution in [0, 0.1) is 6.92 Å². The summed E-state index contributed by atoms with van der Waals surface area (Å²) in [4.78, 5) is 26.5. The minimum absolute atomic E-state index is 0.0152. The largest absolute Gasteiger partial charge is 0.375 e. The minimum atomic E-state index is -0.238. The maximum absolute atomic E-state index is 12.9. The van der Waals surface area contributed by atoms with Gasteiger partial charge in [0.2, 0.25) is 5.91 Å². The van der Waals surface area contributed by atoms with E-state index in [4.69, 9.17) is 9.47 Å². The van der Waals surface area contributed by atoms with Crippen LogP contribution >= 0.6 is 0 Å². The second-order valence-electron chi connectivity index (χ2n) is 7.48. The van der Waals surface area contributed by atoms with Gasteiger partial charge in [-0.05, 0) is 58.2 Å². The summed E-state index contributed by atoms with van der Waals surface area (Å²) < 4.78 is 10.6. The van der Waals surface area contributed by atoms with Crippen LogP contribution in [0.5, 0.6) is 0 Å². The first-order valence-corrected chi connectivity index (χ1v) is 9.36. The number of aryl methyl sites for hydroxylation is 1. The summed E-state index contributed by atoms with van der Waals surface area (Å²) in [6.07, 6.45) is 1.64. The second-order valence-corrected chi connectivity index (χ2v) is 7.48. The van der Waals surface area contributed by atoms with Gasteiger partial charge in [0.25, 0.3) is 0 Å². The van der Waals surface area contributed by atoms with Crippen LogP contribution in [-0.4, -0.2) is 55.3 Å². The molecule has 3 amide bonds. The number of benzene rings is 1. The van der Waals surface area contributed by atoms with Crippen LogP contribution in [0.4, 0.5) is 16.2 Å². The lowest BCUT2D eigenvalue weighted by molar-refractivity contribution is -0.119. The molecule has 1 atom stereocenters. The Bertz CT molecular complexity index is 675. The molecule has 1 aliphatic rings. The molecule has 2 rings (SSSR count). The molecule has 1 saturated heterocycles. The number of rotatable bonds is 6. The molecular weight excluding hydrogens is 346 g/mol. The van der Waals surface area contributed by atoms with Crippen LogP contribution in [0.15, 0.2) is 18.2 Å². The third-order valence-electron chi connectivity index (χ3n) is 4.75. The molecule has 0 saturated carbocycles. The molecule has 1 aliphatic heterocycles. The number of nitrogens with zero attached hydrogens (tertiary/aromatic N) is 1. The van der Waals surface area contributed by atoms with Gasteiger partial charge in [0.15, 0.2) is 0 Å². The summed E-state index contributed by atoms with van der Waals surface area (Å²) in [6, 6.07) is 5.44. The molecule has 1 heterocycles. The number of nitrogens with one attached hydrogen (secondary N) is 2. The van der Waals surface area contributed by atoms with E-state index in [1.165, 1.54) is 7.11 Å². The molecular formula is C20H31N3O4. The molecule has 1 aromatic rings. The molecule has 0 aliphatic carbocycles. The third kappa shape index (κ3) is 5.94. The first-order valence-electron chi connectivity index (χ1n) is 9.36. The molecule has 0 unspecified atom stereocenters. The van der Waals surface area contributed by atoms with Crippen molar-refractivity contribution < 1.29 is 19.1 Å². The van der Waals surface area contributed by atoms with Gasteiger partial charge in [0, 0.05) is 37.7 Å². The number of urea groups is 1. The van der Waals surface area contributed by atoms with Gasteiger partial charge in [-0.25, -0.2) is 4.79 Å². The topological polar surface area (TPSA) is 79.9 Å². The fourth-order valence-electron chi connectivity index (χ4n) is 3.38. The Hall–Kier alpha value is -2.12. The Kier molecular flexibility index (Phi) is 7.21. The Morgan fingerprint density at radius 1 is 1.33 bits per heavy atom. The van der Waals surface area contributed by atoms with Crippen molar-refractivity contribution in [2.24, 2.45) is 0 Å². The standard InChI is InChI=1S/C20H31N3O4/c1-6-23(16-9-10-27-20(3,4)12-16)19(25)22-17-11-15(8-7-14(17)2)21-18(24)13-26-5/h7-8,11,16H,6,9-10,12-13H2,1-5H3,(H,21,24)(H,22,25)/t16-/m1/s1. The summed E-state index contributed by atoms with van der Waals surface area (Å²) in [5.74, 6) is -0.238. The maximum atomic E-state index is 12.9. The van der Waals surface area contributed by atoms with E-state index in [1.54, 1.807) is 12.1 Å². The molecule has 0 aromatic heterocycles. The van der Waals surface area contributed by atoms with E-state index in [1.807, 2.05) is 24.8 Å². The molecule has 0 spiro atoms. The molecule has 7 nitrogen and oxygen atoms in total. The van der Waals surface area contributed by atoms with E-state index in [-0.39, 0.29) is 30.2 Å². The van der Waals surface area contributed by atoms with Crippen molar-refractivity contribution in [1.29, 1.82) is 0 Å². The van der Waals surface area contributed by atoms with Gasteiger partial charge >= 0.3 is 6.03 Å². The van der Waals surface area contributed by atoms with Crippen molar-refractivity contribution in [2.75, 3.05) is 37.5 Å². The number of hydrogen-bond donors (Lipinski definition) is 2. The monoisotopic (exact) mass is 377 g/mol. The minimum Gasteiger partial charge on any atom is -0.375 e. The van der Waals surface area contributed by atoms with E-state index < -0.39 is 0 Å². The average Bonchev–Trinajstić information content (AvgIpc) is 2.58. The highest BCUT2D eigenvalue weighted by atomic mass is 16.5. The number of carbonyl (C=O) groups is 2. The zero-order valence-corrected chi connectivity index (χ0v) is 16.9. The van der Waals surface area contributed by atoms with Crippen molar-refractivity contribution in [1.82, 2.24) is 4.90 Å². The lowest BCUT2D eigenvalue weighted by Crippen LogP contribution is -2.49. The molecule has 1 fully saturated rings. The van der Waals surface area contributed by atoms with Crippen molar-refractivity contribution in [2.45, 2.75) is 52.2 Å². The van der Waals surface area contributed by atoms with Crippen molar-refractivity contribution in [3.05, 3.63) is 23.8 Å². The fraction of sp³-hybridized carbons (Fsp3) is 0.600. The molecule has 2 N–H and O–H groups in total. The SMILES string of the molecule is CCN(C(=O)Nc1cc(NC(=O)COC)ccc1C)[C@@H]1CCOC(C)(C)C1. The Morgan fingerprint density at radius 2 is 2.07 bits per heavy atom. The number of carbonyl (C=O) groups excluding carboxylic acids is 2. The molecule has 1 aromatic carbocycles. The Labute approximate surface area is 161 Å².